The lowest BCUT2D eigenvalue weighted by molar-refractivity contribution is 0.199. The summed E-state index contributed by atoms with van der Waals surface area (Å²) in [5.74, 6) is 0.974. The van der Waals surface area contributed by atoms with Gasteiger partial charge in [-0.3, -0.25) is 0 Å². The van der Waals surface area contributed by atoms with E-state index in [1.165, 1.54) is 10.5 Å². The molecule has 17 heavy (non-hydrogen) atoms. The van der Waals surface area contributed by atoms with E-state index in [0.29, 0.717) is 0 Å². The van der Waals surface area contributed by atoms with Gasteiger partial charge in [0, 0.05) is 37.5 Å². The zero-order valence-electron chi connectivity index (χ0n) is 10.3. The van der Waals surface area contributed by atoms with Gasteiger partial charge in [-0.25, -0.2) is 0 Å². The van der Waals surface area contributed by atoms with Crippen molar-refractivity contribution >= 4 is 11.8 Å². The lowest BCUT2D eigenvalue weighted by Crippen LogP contribution is -2.18. The van der Waals surface area contributed by atoms with Crippen molar-refractivity contribution < 1.29 is 9.84 Å². The van der Waals surface area contributed by atoms with E-state index in [9.17, 15) is 0 Å². The van der Waals surface area contributed by atoms with E-state index in [2.05, 4.69) is 29.6 Å². The third-order valence-corrected chi connectivity index (χ3v) is 3.40. The normalized spacial score (nSPS) is 10.7. The molecule has 96 valence electrons. The highest BCUT2D eigenvalue weighted by Gasteiger charge is 1.95. The maximum Gasteiger partial charge on any atom is 0.0587 e. The third-order valence-electron chi connectivity index (χ3n) is 2.31. The van der Waals surface area contributed by atoms with Crippen LogP contribution in [0.15, 0.2) is 29.2 Å². The second-order valence-electron chi connectivity index (χ2n) is 3.74. The Morgan fingerprint density at radius 3 is 2.71 bits per heavy atom. The Kier molecular flexibility index (Phi) is 8.09. The van der Waals surface area contributed by atoms with Crippen LogP contribution in [-0.2, 0) is 11.3 Å². The first-order chi connectivity index (χ1) is 8.36. The number of methoxy groups -OCH3 is 1. The maximum atomic E-state index is 8.70. The van der Waals surface area contributed by atoms with Crippen LogP contribution in [0, 0.1) is 0 Å². The van der Waals surface area contributed by atoms with Crippen LogP contribution in [-0.4, -0.2) is 37.7 Å². The molecule has 0 aliphatic rings. The molecule has 1 aromatic carbocycles. The quantitative estimate of drug-likeness (QED) is 0.522. The summed E-state index contributed by atoms with van der Waals surface area (Å²) in [5.41, 5.74) is 1.28. The number of hydrogen-bond acceptors (Lipinski definition) is 4. The molecule has 0 saturated heterocycles. The molecular weight excluding hydrogens is 234 g/mol. The van der Waals surface area contributed by atoms with Gasteiger partial charge < -0.3 is 15.2 Å². The lowest BCUT2D eigenvalue weighted by Gasteiger charge is -2.05. The predicted molar refractivity (Wildman–Crippen MR) is 72.5 cm³/mol. The predicted octanol–water partition coefficient (Wildman–Crippen LogP) is 1.90. The summed E-state index contributed by atoms with van der Waals surface area (Å²) in [6.45, 7) is 2.78. The molecule has 0 aliphatic heterocycles. The first-order valence-corrected chi connectivity index (χ1v) is 6.87. The van der Waals surface area contributed by atoms with Crippen molar-refractivity contribution in [3.63, 3.8) is 0 Å². The second kappa shape index (κ2) is 9.48. The van der Waals surface area contributed by atoms with Crippen LogP contribution in [0.4, 0.5) is 0 Å². The van der Waals surface area contributed by atoms with Crippen LogP contribution >= 0.6 is 11.8 Å². The van der Waals surface area contributed by atoms with Crippen molar-refractivity contribution in [3.05, 3.63) is 29.8 Å². The largest absolute Gasteiger partial charge is 0.396 e. The molecule has 0 amide bonds. The monoisotopic (exact) mass is 255 g/mol. The Balaban J connectivity index is 2.24. The number of nitrogens with one attached hydrogen (secondary N) is 1. The Labute approximate surface area is 108 Å². The van der Waals surface area contributed by atoms with Gasteiger partial charge in [0.2, 0.25) is 0 Å². The van der Waals surface area contributed by atoms with E-state index < -0.39 is 0 Å². The van der Waals surface area contributed by atoms with Gasteiger partial charge in [-0.2, -0.15) is 0 Å². The molecule has 1 rings (SSSR count). The van der Waals surface area contributed by atoms with Gasteiger partial charge in [-0.15, -0.1) is 11.8 Å². The Hall–Kier alpha value is -0.550. The average Bonchev–Trinajstić information content (AvgIpc) is 2.37. The summed E-state index contributed by atoms with van der Waals surface area (Å²) in [7, 11) is 1.71. The minimum absolute atomic E-state index is 0.272. The molecule has 0 saturated carbocycles. The summed E-state index contributed by atoms with van der Waals surface area (Å²) in [6.07, 6.45) is 0.852. The number of thioether (sulfide) groups is 1. The minimum Gasteiger partial charge on any atom is -0.396 e. The highest BCUT2D eigenvalue weighted by molar-refractivity contribution is 7.99. The molecule has 0 bridgehead atoms. The van der Waals surface area contributed by atoms with Crippen LogP contribution < -0.4 is 5.32 Å². The standard InChI is InChI=1S/C13H21NO2S/c1-16-9-7-14-11-12-3-5-13(6-4-12)17-10-2-8-15/h3-6,14-15H,2,7-11H2,1H3. The second-order valence-corrected chi connectivity index (χ2v) is 4.91. The number of ether oxygens (including phenoxy) is 1. The molecule has 0 aliphatic carbocycles. The van der Waals surface area contributed by atoms with Gasteiger partial charge in [-0.05, 0) is 24.1 Å². The SMILES string of the molecule is COCCNCc1ccc(SCCCO)cc1. The molecule has 2 N–H and O–H groups in total. The minimum atomic E-state index is 0.272. The van der Waals surface area contributed by atoms with Gasteiger partial charge in [0.1, 0.15) is 0 Å². The van der Waals surface area contributed by atoms with E-state index in [-0.39, 0.29) is 6.61 Å². The fourth-order valence-corrected chi connectivity index (χ4v) is 2.20. The van der Waals surface area contributed by atoms with Crippen LogP contribution in [0.2, 0.25) is 0 Å². The van der Waals surface area contributed by atoms with E-state index in [0.717, 1.165) is 31.9 Å². The number of benzene rings is 1. The van der Waals surface area contributed by atoms with Crippen LogP contribution in [0.25, 0.3) is 0 Å². The smallest absolute Gasteiger partial charge is 0.0587 e. The van der Waals surface area contributed by atoms with Gasteiger partial charge >= 0.3 is 0 Å². The number of aliphatic hydroxyl groups is 1. The number of hydrogen-bond donors (Lipinski definition) is 2. The van der Waals surface area contributed by atoms with E-state index in [1.54, 1.807) is 18.9 Å². The Morgan fingerprint density at radius 1 is 1.29 bits per heavy atom. The summed E-state index contributed by atoms with van der Waals surface area (Å²) < 4.78 is 4.97. The first-order valence-electron chi connectivity index (χ1n) is 5.89. The van der Waals surface area contributed by atoms with Gasteiger partial charge in [0.15, 0.2) is 0 Å². The van der Waals surface area contributed by atoms with E-state index >= 15 is 0 Å². The number of rotatable bonds is 9. The van der Waals surface area contributed by atoms with Crippen molar-refractivity contribution in [1.29, 1.82) is 0 Å². The fourth-order valence-electron chi connectivity index (χ4n) is 1.37. The van der Waals surface area contributed by atoms with Crippen molar-refractivity contribution in [3.8, 4) is 0 Å². The maximum absolute atomic E-state index is 8.70. The summed E-state index contributed by atoms with van der Waals surface area (Å²) >= 11 is 1.79. The highest BCUT2D eigenvalue weighted by Crippen LogP contribution is 2.18. The third kappa shape index (κ3) is 6.68. The van der Waals surface area contributed by atoms with Gasteiger partial charge in [0.05, 0.1) is 6.61 Å². The van der Waals surface area contributed by atoms with Crippen molar-refractivity contribution in [2.45, 2.75) is 17.9 Å². The molecular formula is C13H21NO2S. The number of aliphatic hydroxyl groups excluding tert-OH is 1. The van der Waals surface area contributed by atoms with Crippen LogP contribution in [0.5, 0.6) is 0 Å². The molecule has 0 fully saturated rings. The summed E-state index contributed by atoms with van der Waals surface area (Å²) in [6, 6.07) is 8.55. The molecule has 0 radical (unpaired) electrons. The molecule has 1 aromatic rings. The van der Waals surface area contributed by atoms with Crippen molar-refractivity contribution in [2.24, 2.45) is 0 Å². The van der Waals surface area contributed by atoms with Gasteiger partial charge in [-0.1, -0.05) is 12.1 Å². The van der Waals surface area contributed by atoms with Crippen LogP contribution in [0.3, 0.4) is 0 Å². The molecule has 0 atom stereocenters. The Bertz CT molecular complexity index is 290. The molecule has 4 heteroatoms. The lowest BCUT2D eigenvalue weighted by atomic mass is 10.2. The highest BCUT2D eigenvalue weighted by atomic mass is 32.2. The zero-order valence-corrected chi connectivity index (χ0v) is 11.1. The molecule has 0 spiro atoms. The van der Waals surface area contributed by atoms with Crippen LogP contribution in [0.1, 0.15) is 12.0 Å². The Morgan fingerprint density at radius 2 is 2.06 bits per heavy atom. The van der Waals surface area contributed by atoms with E-state index in [1.807, 2.05) is 0 Å². The molecule has 3 nitrogen and oxygen atoms in total. The average molecular weight is 255 g/mol. The van der Waals surface area contributed by atoms with Crippen molar-refractivity contribution in [1.82, 2.24) is 5.32 Å². The topological polar surface area (TPSA) is 41.5 Å². The van der Waals surface area contributed by atoms with Gasteiger partial charge in [0.25, 0.3) is 0 Å². The van der Waals surface area contributed by atoms with E-state index in [4.69, 9.17) is 9.84 Å². The molecule has 0 aromatic heterocycles. The van der Waals surface area contributed by atoms with Crippen molar-refractivity contribution in [2.75, 3.05) is 32.6 Å². The fraction of sp³-hybridized carbons (Fsp3) is 0.538. The summed E-state index contributed by atoms with van der Waals surface area (Å²) in [4.78, 5) is 1.26. The molecule has 0 heterocycles. The summed E-state index contributed by atoms with van der Waals surface area (Å²) in [5, 5.41) is 12.0. The molecule has 0 unspecified atom stereocenters. The first kappa shape index (κ1) is 14.5. The zero-order chi connectivity index (χ0) is 12.3.